The number of hydrogen-bond donors (Lipinski definition) is 3. The predicted octanol–water partition coefficient (Wildman–Crippen LogP) is 1.21. The molecule has 1 atom stereocenters. The summed E-state index contributed by atoms with van der Waals surface area (Å²) < 4.78 is 0. The van der Waals surface area contributed by atoms with Crippen LogP contribution in [-0.2, 0) is 0 Å². The van der Waals surface area contributed by atoms with E-state index in [1.807, 2.05) is 6.07 Å². The summed E-state index contributed by atoms with van der Waals surface area (Å²) in [5, 5.41) is 7.01. The molecule has 0 unspecified atom stereocenters. The number of halogens is 1. The molecule has 0 aliphatic carbocycles. The lowest BCUT2D eigenvalue weighted by Crippen LogP contribution is -2.22. The van der Waals surface area contributed by atoms with Gasteiger partial charge in [0.05, 0.1) is 10.6 Å². The second kappa shape index (κ2) is 4.72. The summed E-state index contributed by atoms with van der Waals surface area (Å²) in [6.07, 6.45) is 1.09. The third kappa shape index (κ3) is 2.46. The zero-order chi connectivity index (χ0) is 11.5. The van der Waals surface area contributed by atoms with Crippen LogP contribution in [0, 0.1) is 0 Å². The molecule has 4 nitrogen and oxygen atoms in total. The monoisotopic (exact) mass is 239 g/mol. The van der Waals surface area contributed by atoms with Gasteiger partial charge in [-0.3, -0.25) is 4.79 Å². The quantitative estimate of drug-likeness (QED) is 0.743. The minimum absolute atomic E-state index is 0.358. The Bertz CT molecular complexity index is 402. The fourth-order valence-corrected chi connectivity index (χ4v) is 2.09. The molecule has 0 spiro atoms. The summed E-state index contributed by atoms with van der Waals surface area (Å²) in [5.41, 5.74) is 6.45. The Kier molecular flexibility index (Phi) is 3.31. The van der Waals surface area contributed by atoms with Crippen LogP contribution in [0.25, 0.3) is 0 Å². The third-order valence-corrected chi connectivity index (χ3v) is 2.98. The van der Waals surface area contributed by atoms with Gasteiger partial charge in [0.2, 0.25) is 5.91 Å². The van der Waals surface area contributed by atoms with Gasteiger partial charge in [-0.2, -0.15) is 0 Å². The molecule has 1 amide bonds. The molecule has 4 N–H and O–H groups in total. The minimum Gasteiger partial charge on any atom is -0.381 e. The SMILES string of the molecule is NC(=O)c1ccc(N[C@@H]2CCNC2)cc1Cl. The van der Waals surface area contributed by atoms with Crippen LogP contribution in [-0.4, -0.2) is 25.0 Å². The molecule has 2 rings (SSSR count). The van der Waals surface area contributed by atoms with E-state index in [2.05, 4.69) is 10.6 Å². The number of hydrogen-bond acceptors (Lipinski definition) is 3. The van der Waals surface area contributed by atoms with Gasteiger partial charge in [-0.15, -0.1) is 0 Å². The van der Waals surface area contributed by atoms with Gasteiger partial charge in [0.15, 0.2) is 0 Å². The van der Waals surface area contributed by atoms with Gasteiger partial charge < -0.3 is 16.4 Å². The predicted molar refractivity (Wildman–Crippen MR) is 64.9 cm³/mol. The van der Waals surface area contributed by atoms with Crippen molar-refractivity contribution in [2.75, 3.05) is 18.4 Å². The molecule has 0 radical (unpaired) electrons. The third-order valence-electron chi connectivity index (χ3n) is 2.67. The topological polar surface area (TPSA) is 67.2 Å². The molecule has 1 aliphatic heterocycles. The van der Waals surface area contributed by atoms with Crippen molar-refractivity contribution in [3.63, 3.8) is 0 Å². The Morgan fingerprint density at radius 3 is 2.94 bits per heavy atom. The Hall–Kier alpha value is -1.26. The molecule has 1 fully saturated rings. The molecule has 1 aromatic carbocycles. The highest BCUT2D eigenvalue weighted by atomic mass is 35.5. The van der Waals surface area contributed by atoms with E-state index in [0.29, 0.717) is 16.6 Å². The van der Waals surface area contributed by atoms with Crippen molar-refractivity contribution in [1.82, 2.24) is 5.32 Å². The maximum Gasteiger partial charge on any atom is 0.250 e. The molecular weight excluding hydrogens is 226 g/mol. The number of nitrogens with two attached hydrogens (primary N) is 1. The van der Waals surface area contributed by atoms with E-state index in [4.69, 9.17) is 17.3 Å². The molecule has 1 heterocycles. The average Bonchev–Trinajstić information content (AvgIpc) is 2.70. The molecule has 5 heteroatoms. The van der Waals surface area contributed by atoms with Crippen LogP contribution < -0.4 is 16.4 Å². The van der Waals surface area contributed by atoms with Gasteiger partial charge in [0.1, 0.15) is 0 Å². The second-order valence-electron chi connectivity index (χ2n) is 3.89. The first-order valence-electron chi connectivity index (χ1n) is 5.23. The minimum atomic E-state index is -0.501. The van der Waals surface area contributed by atoms with E-state index < -0.39 is 5.91 Å². The summed E-state index contributed by atoms with van der Waals surface area (Å²) in [6, 6.07) is 5.63. The highest BCUT2D eigenvalue weighted by Crippen LogP contribution is 2.21. The molecule has 0 saturated carbocycles. The van der Waals surface area contributed by atoms with Gasteiger partial charge in [0, 0.05) is 18.3 Å². The second-order valence-corrected chi connectivity index (χ2v) is 4.30. The van der Waals surface area contributed by atoms with Crippen LogP contribution in [0.5, 0.6) is 0 Å². The van der Waals surface area contributed by atoms with Gasteiger partial charge in [0.25, 0.3) is 0 Å². The molecular formula is C11H14ClN3O. The average molecular weight is 240 g/mol. The molecule has 1 aliphatic rings. The number of carbonyl (C=O) groups excluding carboxylic acids is 1. The largest absolute Gasteiger partial charge is 0.381 e. The summed E-state index contributed by atoms with van der Waals surface area (Å²) in [6.45, 7) is 1.99. The van der Waals surface area contributed by atoms with E-state index in [1.54, 1.807) is 12.1 Å². The number of carbonyl (C=O) groups is 1. The summed E-state index contributed by atoms with van der Waals surface area (Å²) >= 11 is 5.95. The van der Waals surface area contributed by atoms with Crippen LogP contribution in [0.4, 0.5) is 5.69 Å². The summed E-state index contributed by atoms with van der Waals surface area (Å²) in [7, 11) is 0. The van der Waals surface area contributed by atoms with Crippen molar-refractivity contribution in [3.05, 3.63) is 28.8 Å². The number of rotatable bonds is 3. The first-order valence-corrected chi connectivity index (χ1v) is 5.61. The summed E-state index contributed by atoms with van der Waals surface area (Å²) in [5.74, 6) is -0.501. The maximum atomic E-state index is 11.0. The van der Waals surface area contributed by atoms with Crippen LogP contribution >= 0.6 is 11.6 Å². The van der Waals surface area contributed by atoms with E-state index in [0.717, 1.165) is 25.2 Å². The number of amides is 1. The zero-order valence-corrected chi connectivity index (χ0v) is 9.55. The standard InChI is InChI=1S/C11H14ClN3O/c12-10-5-7(1-2-9(10)11(13)16)15-8-3-4-14-6-8/h1-2,5,8,14-15H,3-4,6H2,(H2,13,16)/t8-/m1/s1. The molecule has 16 heavy (non-hydrogen) atoms. The van der Waals surface area contributed by atoms with Crippen molar-refractivity contribution in [2.24, 2.45) is 5.73 Å². The fraction of sp³-hybridized carbons (Fsp3) is 0.364. The van der Waals surface area contributed by atoms with Gasteiger partial charge >= 0.3 is 0 Å². The lowest BCUT2D eigenvalue weighted by molar-refractivity contribution is 0.100. The van der Waals surface area contributed by atoms with Crippen LogP contribution in [0.3, 0.4) is 0 Å². The highest BCUT2D eigenvalue weighted by Gasteiger charge is 2.14. The Morgan fingerprint density at radius 1 is 1.56 bits per heavy atom. The van der Waals surface area contributed by atoms with Crippen LogP contribution in [0.2, 0.25) is 5.02 Å². The zero-order valence-electron chi connectivity index (χ0n) is 8.79. The van der Waals surface area contributed by atoms with Crippen molar-refractivity contribution < 1.29 is 4.79 Å². The number of anilines is 1. The molecule has 1 saturated heterocycles. The molecule has 0 bridgehead atoms. The normalized spacial score (nSPS) is 19.7. The number of primary amides is 1. The number of benzene rings is 1. The van der Waals surface area contributed by atoms with Crippen molar-refractivity contribution in [3.8, 4) is 0 Å². The lowest BCUT2D eigenvalue weighted by atomic mass is 10.1. The van der Waals surface area contributed by atoms with Crippen LogP contribution in [0.1, 0.15) is 16.8 Å². The van der Waals surface area contributed by atoms with Gasteiger partial charge in [-0.05, 0) is 31.2 Å². The Balaban J connectivity index is 2.11. The van der Waals surface area contributed by atoms with E-state index in [9.17, 15) is 4.79 Å². The summed E-state index contributed by atoms with van der Waals surface area (Å²) in [4.78, 5) is 11.0. The van der Waals surface area contributed by atoms with E-state index in [1.165, 1.54) is 0 Å². The number of nitrogens with one attached hydrogen (secondary N) is 2. The molecule has 86 valence electrons. The van der Waals surface area contributed by atoms with Crippen molar-refractivity contribution in [2.45, 2.75) is 12.5 Å². The van der Waals surface area contributed by atoms with E-state index >= 15 is 0 Å². The van der Waals surface area contributed by atoms with Gasteiger partial charge in [-0.25, -0.2) is 0 Å². The fourth-order valence-electron chi connectivity index (χ4n) is 1.82. The maximum absolute atomic E-state index is 11.0. The highest BCUT2D eigenvalue weighted by molar-refractivity contribution is 6.34. The molecule has 0 aromatic heterocycles. The van der Waals surface area contributed by atoms with E-state index in [-0.39, 0.29) is 0 Å². The first-order chi connectivity index (χ1) is 7.66. The lowest BCUT2D eigenvalue weighted by Gasteiger charge is -2.13. The van der Waals surface area contributed by atoms with Crippen LogP contribution in [0.15, 0.2) is 18.2 Å². The van der Waals surface area contributed by atoms with Crippen molar-refractivity contribution in [1.29, 1.82) is 0 Å². The molecule has 1 aromatic rings. The smallest absolute Gasteiger partial charge is 0.250 e. The Labute approximate surface area is 99.2 Å². The van der Waals surface area contributed by atoms with Gasteiger partial charge in [-0.1, -0.05) is 11.6 Å². The van der Waals surface area contributed by atoms with Crippen molar-refractivity contribution >= 4 is 23.2 Å². The first kappa shape index (κ1) is 11.2. The Morgan fingerprint density at radius 2 is 2.38 bits per heavy atom.